The van der Waals surface area contributed by atoms with Crippen molar-refractivity contribution in [3.05, 3.63) is 82.9 Å². The Balaban J connectivity index is 1.60. The molecule has 0 amide bonds. The SMILES string of the molecule is Cc1cc(-c2ccc(COc3cccc(C(CP(C)(C)=O)C4CC4)c3)cc2CN(C(C)C)C(C)C)c(F)cn1. The van der Waals surface area contributed by atoms with Crippen LogP contribution in [-0.2, 0) is 17.7 Å². The van der Waals surface area contributed by atoms with Crippen LogP contribution >= 0.6 is 7.14 Å². The second-order valence-corrected chi connectivity index (χ2v) is 15.7. The quantitative estimate of drug-likeness (QED) is 0.212. The van der Waals surface area contributed by atoms with E-state index < -0.39 is 7.14 Å². The van der Waals surface area contributed by atoms with Gasteiger partial charge in [-0.1, -0.05) is 30.3 Å². The highest BCUT2D eigenvalue weighted by molar-refractivity contribution is 7.62. The van der Waals surface area contributed by atoms with Crippen LogP contribution < -0.4 is 4.74 Å². The first-order valence-corrected chi connectivity index (χ1v) is 17.0. The number of nitrogens with zero attached hydrogens (tertiary/aromatic N) is 2. The summed E-state index contributed by atoms with van der Waals surface area (Å²) >= 11 is 0. The standard InChI is InChI=1S/C33H44FN2O2P/c1-22(2)36(23(3)4)19-28-16-25(11-14-30(28)31-15-24(5)35-18-33(31)34)20-38-29-10-8-9-27(17-29)32(26-12-13-26)21-39(6,7)37/h8-11,14-18,22-23,26,32H,12-13,19-21H2,1-7H3. The molecule has 1 atom stereocenters. The molecule has 4 nitrogen and oxygen atoms in total. The number of pyridine rings is 1. The van der Waals surface area contributed by atoms with Crippen molar-refractivity contribution in [2.24, 2.45) is 5.92 Å². The number of hydrogen-bond acceptors (Lipinski definition) is 4. The van der Waals surface area contributed by atoms with E-state index in [9.17, 15) is 8.96 Å². The summed E-state index contributed by atoms with van der Waals surface area (Å²) in [6, 6.07) is 17.1. The number of benzene rings is 2. The molecule has 3 aromatic rings. The van der Waals surface area contributed by atoms with E-state index in [0.717, 1.165) is 34.3 Å². The molecule has 6 heteroatoms. The van der Waals surface area contributed by atoms with Crippen LogP contribution in [0.5, 0.6) is 5.75 Å². The highest BCUT2D eigenvalue weighted by Gasteiger charge is 2.34. The van der Waals surface area contributed by atoms with Gasteiger partial charge in [-0.2, -0.15) is 0 Å². The van der Waals surface area contributed by atoms with E-state index in [4.69, 9.17) is 4.74 Å². The van der Waals surface area contributed by atoms with Crippen LogP contribution in [0.2, 0.25) is 0 Å². The van der Waals surface area contributed by atoms with Crippen LogP contribution in [0.4, 0.5) is 4.39 Å². The molecule has 1 heterocycles. The molecule has 210 valence electrons. The second-order valence-electron chi connectivity index (χ2n) is 12.2. The molecule has 39 heavy (non-hydrogen) atoms. The fourth-order valence-electron chi connectivity index (χ4n) is 5.54. The number of ether oxygens (including phenoxy) is 1. The largest absolute Gasteiger partial charge is 0.489 e. The summed E-state index contributed by atoms with van der Waals surface area (Å²) in [5, 5.41) is 0. The summed E-state index contributed by atoms with van der Waals surface area (Å²) in [5.74, 6) is 1.48. The molecule has 0 saturated heterocycles. The summed E-state index contributed by atoms with van der Waals surface area (Å²) in [6.07, 6.45) is 4.49. The lowest BCUT2D eigenvalue weighted by Gasteiger charge is -2.31. The van der Waals surface area contributed by atoms with Crippen molar-refractivity contribution in [2.45, 2.75) is 78.6 Å². The molecule has 0 radical (unpaired) electrons. The first kappa shape index (κ1) is 29.5. The van der Waals surface area contributed by atoms with Gasteiger partial charge in [0.1, 0.15) is 18.2 Å². The molecule has 2 aromatic carbocycles. The molecule has 1 aromatic heterocycles. The van der Waals surface area contributed by atoms with Gasteiger partial charge in [0.15, 0.2) is 0 Å². The second kappa shape index (κ2) is 12.4. The van der Waals surface area contributed by atoms with Gasteiger partial charge in [0, 0.05) is 36.0 Å². The predicted octanol–water partition coefficient (Wildman–Crippen LogP) is 8.51. The smallest absolute Gasteiger partial charge is 0.149 e. The van der Waals surface area contributed by atoms with E-state index in [-0.39, 0.29) is 5.82 Å². The Morgan fingerprint density at radius 2 is 1.74 bits per heavy atom. The van der Waals surface area contributed by atoms with Crippen molar-refractivity contribution < 1.29 is 13.7 Å². The lowest BCUT2D eigenvalue weighted by Crippen LogP contribution is -2.36. The van der Waals surface area contributed by atoms with Crippen LogP contribution in [-0.4, -0.2) is 41.5 Å². The molecular formula is C33H44FN2O2P. The Morgan fingerprint density at radius 3 is 2.38 bits per heavy atom. The summed E-state index contributed by atoms with van der Waals surface area (Å²) < 4.78 is 33.8. The van der Waals surface area contributed by atoms with Gasteiger partial charge in [0.2, 0.25) is 0 Å². The van der Waals surface area contributed by atoms with Gasteiger partial charge in [-0.05, 0) is 113 Å². The maximum atomic E-state index is 14.9. The van der Waals surface area contributed by atoms with Crippen LogP contribution in [0.3, 0.4) is 0 Å². The Hall–Kier alpha value is -2.49. The van der Waals surface area contributed by atoms with E-state index in [1.807, 2.05) is 50.6 Å². The van der Waals surface area contributed by atoms with Crippen molar-refractivity contribution >= 4 is 7.14 Å². The first-order valence-electron chi connectivity index (χ1n) is 14.2. The van der Waals surface area contributed by atoms with Gasteiger partial charge in [0.25, 0.3) is 0 Å². The van der Waals surface area contributed by atoms with Crippen molar-refractivity contribution in [1.29, 1.82) is 0 Å². The van der Waals surface area contributed by atoms with Crippen molar-refractivity contribution in [3.63, 3.8) is 0 Å². The molecule has 4 rings (SSSR count). The zero-order chi connectivity index (χ0) is 28.3. The third-order valence-electron chi connectivity index (χ3n) is 7.65. The predicted molar refractivity (Wildman–Crippen MR) is 161 cm³/mol. The van der Waals surface area contributed by atoms with Gasteiger partial charge < -0.3 is 9.30 Å². The lowest BCUT2D eigenvalue weighted by molar-refractivity contribution is 0.166. The van der Waals surface area contributed by atoms with E-state index in [1.165, 1.54) is 24.6 Å². The highest BCUT2D eigenvalue weighted by Crippen LogP contribution is 2.51. The van der Waals surface area contributed by atoms with Crippen molar-refractivity contribution in [2.75, 3.05) is 19.5 Å². The fraction of sp³-hybridized carbons (Fsp3) is 0.485. The molecule has 1 aliphatic rings. The molecule has 0 spiro atoms. The third kappa shape index (κ3) is 8.02. The van der Waals surface area contributed by atoms with Crippen LogP contribution in [0.15, 0.2) is 54.7 Å². The number of hydrogen-bond donors (Lipinski definition) is 0. The lowest BCUT2D eigenvalue weighted by atomic mass is 9.96. The van der Waals surface area contributed by atoms with Crippen LogP contribution in [0.1, 0.15) is 68.8 Å². The number of halogens is 1. The van der Waals surface area contributed by atoms with Crippen LogP contribution in [0, 0.1) is 18.7 Å². The first-order chi connectivity index (χ1) is 18.4. The minimum absolute atomic E-state index is 0.308. The zero-order valence-electron chi connectivity index (χ0n) is 24.6. The van der Waals surface area contributed by atoms with Crippen molar-refractivity contribution in [3.8, 4) is 16.9 Å². The Bertz CT molecular complexity index is 1320. The van der Waals surface area contributed by atoms with Gasteiger partial charge in [-0.3, -0.25) is 9.88 Å². The number of aromatic nitrogens is 1. The highest BCUT2D eigenvalue weighted by atomic mass is 31.2. The van der Waals surface area contributed by atoms with E-state index in [1.54, 1.807) is 0 Å². The molecular weight excluding hydrogens is 506 g/mol. The van der Waals surface area contributed by atoms with Gasteiger partial charge in [-0.15, -0.1) is 0 Å². The molecule has 1 saturated carbocycles. The molecule has 0 aliphatic heterocycles. The van der Waals surface area contributed by atoms with Gasteiger partial charge in [0.05, 0.1) is 13.3 Å². The number of rotatable bonds is 12. The minimum atomic E-state index is -2.12. The number of aryl methyl sites for hydroxylation is 1. The summed E-state index contributed by atoms with van der Waals surface area (Å²) in [4.78, 5) is 6.54. The fourth-order valence-corrected chi connectivity index (χ4v) is 6.99. The maximum Gasteiger partial charge on any atom is 0.149 e. The van der Waals surface area contributed by atoms with E-state index >= 15 is 0 Å². The summed E-state index contributed by atoms with van der Waals surface area (Å²) in [5.41, 5.74) is 5.62. The maximum absolute atomic E-state index is 14.9. The molecule has 0 bridgehead atoms. The van der Waals surface area contributed by atoms with Crippen LogP contribution in [0.25, 0.3) is 11.1 Å². The van der Waals surface area contributed by atoms with E-state index in [2.05, 4.69) is 55.8 Å². The molecule has 0 N–H and O–H groups in total. The molecule has 1 unspecified atom stereocenters. The average Bonchev–Trinajstić information content (AvgIpc) is 3.71. The average molecular weight is 551 g/mol. The molecule has 1 fully saturated rings. The Labute approximate surface area is 234 Å². The molecule has 1 aliphatic carbocycles. The normalized spacial score (nSPS) is 14.8. The third-order valence-corrected chi connectivity index (χ3v) is 8.92. The Morgan fingerprint density at radius 1 is 1.03 bits per heavy atom. The topological polar surface area (TPSA) is 42.4 Å². The summed E-state index contributed by atoms with van der Waals surface area (Å²) in [6.45, 7) is 15.6. The van der Waals surface area contributed by atoms with Crippen molar-refractivity contribution in [1.82, 2.24) is 9.88 Å². The van der Waals surface area contributed by atoms with Gasteiger partial charge >= 0.3 is 0 Å². The monoisotopic (exact) mass is 550 g/mol. The van der Waals surface area contributed by atoms with E-state index in [0.29, 0.717) is 42.6 Å². The Kier molecular flexibility index (Phi) is 9.34. The van der Waals surface area contributed by atoms with Gasteiger partial charge in [-0.25, -0.2) is 4.39 Å². The minimum Gasteiger partial charge on any atom is -0.489 e. The summed E-state index contributed by atoms with van der Waals surface area (Å²) in [7, 11) is -2.12. The zero-order valence-corrected chi connectivity index (χ0v) is 25.5.